The molecule has 13 heavy (non-hydrogen) atoms. The van der Waals surface area contributed by atoms with Gasteiger partial charge in [-0.05, 0) is 23.1 Å². The van der Waals surface area contributed by atoms with Crippen LogP contribution in [0.25, 0.3) is 10.1 Å². The van der Waals surface area contributed by atoms with Crippen molar-refractivity contribution in [1.29, 1.82) is 0 Å². The van der Waals surface area contributed by atoms with Crippen molar-refractivity contribution in [2.45, 2.75) is 5.75 Å². The van der Waals surface area contributed by atoms with Crippen molar-refractivity contribution in [3.8, 4) is 0 Å². The molecule has 0 N–H and O–H groups in total. The van der Waals surface area contributed by atoms with Gasteiger partial charge in [-0.25, -0.2) is 8.42 Å². The van der Waals surface area contributed by atoms with E-state index in [2.05, 4.69) is 6.07 Å². The molecule has 1 radical (unpaired) electrons. The number of hydrogen-bond acceptors (Lipinski definition) is 3. The molecular weight excluding hydrogens is 204 g/mol. The topological polar surface area (TPSA) is 34.1 Å². The van der Waals surface area contributed by atoms with Crippen molar-refractivity contribution in [3.05, 3.63) is 35.2 Å². The number of thiol groups is 1. The Kier molecular flexibility index (Phi) is 2.33. The molecule has 2 nitrogen and oxygen atoms in total. The van der Waals surface area contributed by atoms with Gasteiger partial charge in [0.1, 0.15) is 10.7 Å². The van der Waals surface area contributed by atoms with Gasteiger partial charge in [-0.1, -0.05) is 6.07 Å². The van der Waals surface area contributed by atoms with E-state index in [-0.39, 0.29) is 5.75 Å². The molecule has 4 heteroatoms. The Morgan fingerprint density at radius 2 is 2.23 bits per heavy atom. The van der Waals surface area contributed by atoms with Gasteiger partial charge < -0.3 is 0 Å². The van der Waals surface area contributed by atoms with Crippen molar-refractivity contribution < 1.29 is 8.42 Å². The van der Waals surface area contributed by atoms with E-state index in [4.69, 9.17) is 0 Å². The van der Waals surface area contributed by atoms with Crippen LogP contribution in [0.15, 0.2) is 23.6 Å². The van der Waals surface area contributed by atoms with Gasteiger partial charge in [-0.3, -0.25) is 0 Å². The lowest BCUT2D eigenvalue weighted by atomic mass is 10.2. The second kappa shape index (κ2) is 3.47. The summed E-state index contributed by atoms with van der Waals surface area (Å²) in [6.45, 7) is 0. The summed E-state index contributed by atoms with van der Waals surface area (Å²) in [6.07, 6.45) is 0. The molecule has 2 aromatic rings. The zero-order valence-corrected chi connectivity index (χ0v) is 8.40. The second-order valence-corrected chi connectivity index (χ2v) is 4.59. The van der Waals surface area contributed by atoms with E-state index in [1.807, 2.05) is 23.6 Å². The fraction of sp³-hybridized carbons (Fsp3) is 0.111. The molecule has 2 rings (SSSR count). The highest BCUT2D eigenvalue weighted by Crippen LogP contribution is 2.21. The average molecular weight is 211 g/mol. The third-order valence-corrected chi connectivity index (χ3v) is 3.22. The van der Waals surface area contributed by atoms with Crippen LogP contribution in [0.3, 0.4) is 0 Å². The Bertz CT molecular complexity index is 489. The van der Waals surface area contributed by atoms with Crippen LogP contribution in [-0.4, -0.2) is 8.42 Å². The third-order valence-electron chi connectivity index (χ3n) is 1.76. The van der Waals surface area contributed by atoms with Gasteiger partial charge >= 0.3 is 0 Å². The highest BCUT2D eigenvalue weighted by Gasteiger charge is 1.98. The van der Waals surface area contributed by atoms with Crippen LogP contribution in [0.4, 0.5) is 0 Å². The fourth-order valence-corrected chi connectivity index (χ4v) is 2.40. The van der Waals surface area contributed by atoms with Gasteiger partial charge in [-0.2, -0.15) is 0 Å². The predicted molar refractivity (Wildman–Crippen MR) is 54.7 cm³/mol. The average Bonchev–Trinajstić information content (AvgIpc) is 2.49. The summed E-state index contributed by atoms with van der Waals surface area (Å²) < 4.78 is 22.1. The van der Waals surface area contributed by atoms with Crippen LogP contribution in [0.2, 0.25) is 0 Å². The van der Waals surface area contributed by atoms with E-state index < -0.39 is 10.7 Å². The lowest BCUT2D eigenvalue weighted by molar-refractivity contribution is 0.614. The third kappa shape index (κ3) is 1.89. The number of fused-ring (bicyclic) bond motifs is 1. The number of hydrogen-bond donors (Lipinski definition) is 1. The SMILES string of the molecule is O=[SH](=O)Cc1ccc2sc[c]c2c1. The molecule has 0 aliphatic heterocycles. The maximum absolute atomic E-state index is 10.5. The van der Waals surface area contributed by atoms with Crippen molar-refractivity contribution in [2.75, 3.05) is 0 Å². The van der Waals surface area contributed by atoms with Crippen LogP contribution >= 0.6 is 11.3 Å². The number of thiophene rings is 1. The van der Waals surface area contributed by atoms with E-state index in [0.29, 0.717) is 0 Å². The summed E-state index contributed by atoms with van der Waals surface area (Å²) in [7, 11) is -2.33. The van der Waals surface area contributed by atoms with Crippen LogP contribution in [0.5, 0.6) is 0 Å². The molecule has 0 saturated heterocycles. The minimum atomic E-state index is -2.33. The fourth-order valence-electron chi connectivity index (χ4n) is 1.20. The first kappa shape index (κ1) is 8.72. The Morgan fingerprint density at radius 3 is 3.00 bits per heavy atom. The summed E-state index contributed by atoms with van der Waals surface area (Å²) in [5.74, 6) is 0.120. The van der Waals surface area contributed by atoms with E-state index in [0.717, 1.165) is 15.6 Å². The normalized spacial score (nSPS) is 11.2. The maximum Gasteiger partial charge on any atom is 0.144 e. The highest BCUT2D eigenvalue weighted by atomic mass is 32.2. The van der Waals surface area contributed by atoms with Gasteiger partial charge in [-0.15, -0.1) is 11.3 Å². The zero-order valence-electron chi connectivity index (χ0n) is 6.69. The molecule has 0 aliphatic rings. The summed E-state index contributed by atoms with van der Waals surface area (Å²) >= 11 is 1.61. The van der Waals surface area contributed by atoms with Crippen molar-refractivity contribution in [2.24, 2.45) is 0 Å². The smallest absolute Gasteiger partial charge is 0.144 e. The molecule has 0 bridgehead atoms. The molecule has 0 spiro atoms. The zero-order chi connectivity index (χ0) is 9.26. The minimum Gasteiger partial charge on any atom is -0.232 e. The summed E-state index contributed by atoms with van der Waals surface area (Å²) in [6, 6.07) is 8.71. The molecular formula is C9H7O2S2. The van der Waals surface area contributed by atoms with Gasteiger partial charge in [0.15, 0.2) is 0 Å². The van der Waals surface area contributed by atoms with Crippen molar-refractivity contribution >= 4 is 32.1 Å². The van der Waals surface area contributed by atoms with Gasteiger partial charge in [0.05, 0.1) is 5.75 Å². The molecule has 1 heterocycles. The predicted octanol–water partition coefficient (Wildman–Crippen LogP) is 1.81. The van der Waals surface area contributed by atoms with Gasteiger partial charge in [0.2, 0.25) is 0 Å². The quantitative estimate of drug-likeness (QED) is 0.769. The van der Waals surface area contributed by atoms with E-state index >= 15 is 0 Å². The van der Waals surface area contributed by atoms with Crippen molar-refractivity contribution in [3.63, 3.8) is 0 Å². The van der Waals surface area contributed by atoms with E-state index in [9.17, 15) is 8.42 Å². The monoisotopic (exact) mass is 211 g/mol. The van der Waals surface area contributed by atoms with Crippen molar-refractivity contribution in [1.82, 2.24) is 0 Å². The molecule has 0 aliphatic carbocycles. The standard InChI is InChI=1S/C9H7O2S2/c10-13(11)6-7-1-2-9-8(5-7)3-4-12-9/h1-2,4-5,13H,6H2. The van der Waals surface area contributed by atoms with Crippen LogP contribution < -0.4 is 0 Å². The molecule has 1 aromatic carbocycles. The first-order valence-corrected chi connectivity index (χ1v) is 5.99. The Hall–Kier alpha value is -0.870. The van der Waals surface area contributed by atoms with E-state index in [1.165, 1.54) is 0 Å². The number of rotatable bonds is 2. The molecule has 0 fully saturated rings. The Labute approximate surface area is 81.8 Å². The molecule has 0 saturated carbocycles. The first-order chi connectivity index (χ1) is 6.25. The highest BCUT2D eigenvalue weighted by molar-refractivity contribution is 7.71. The lowest BCUT2D eigenvalue weighted by Gasteiger charge is -1.94. The molecule has 0 amide bonds. The molecule has 0 unspecified atom stereocenters. The lowest BCUT2D eigenvalue weighted by Crippen LogP contribution is -1.84. The number of benzene rings is 1. The van der Waals surface area contributed by atoms with Gasteiger partial charge in [0.25, 0.3) is 0 Å². The first-order valence-electron chi connectivity index (χ1n) is 3.75. The summed E-state index contributed by atoms with van der Waals surface area (Å²) in [5, 5.41) is 2.88. The molecule has 0 atom stereocenters. The van der Waals surface area contributed by atoms with Gasteiger partial charge in [0, 0.05) is 16.2 Å². The summed E-state index contributed by atoms with van der Waals surface area (Å²) in [4.78, 5) is 0. The largest absolute Gasteiger partial charge is 0.232 e. The summed E-state index contributed by atoms with van der Waals surface area (Å²) in [5.41, 5.74) is 0.832. The maximum atomic E-state index is 10.5. The second-order valence-electron chi connectivity index (χ2n) is 2.70. The van der Waals surface area contributed by atoms with Crippen LogP contribution in [0, 0.1) is 6.07 Å². The molecule has 1 aromatic heterocycles. The minimum absolute atomic E-state index is 0.120. The van der Waals surface area contributed by atoms with Crippen LogP contribution in [0.1, 0.15) is 5.56 Å². The Balaban J connectivity index is 2.48. The van der Waals surface area contributed by atoms with E-state index in [1.54, 1.807) is 11.3 Å². The Morgan fingerprint density at radius 1 is 1.38 bits per heavy atom. The van der Waals surface area contributed by atoms with Crippen LogP contribution in [-0.2, 0) is 16.5 Å². The molecule has 67 valence electrons.